The Morgan fingerprint density at radius 2 is 1.94 bits per heavy atom. The van der Waals surface area contributed by atoms with Gasteiger partial charge in [-0.25, -0.2) is 4.79 Å². The number of rotatable bonds is 4. The van der Waals surface area contributed by atoms with Gasteiger partial charge in [-0.3, -0.25) is 4.55 Å². The molecule has 6 nitrogen and oxygen atoms in total. The number of hydrogen-bond acceptors (Lipinski definition) is 4. The van der Waals surface area contributed by atoms with E-state index in [1.165, 1.54) is 0 Å². The van der Waals surface area contributed by atoms with Gasteiger partial charge in [-0.1, -0.05) is 0 Å². The van der Waals surface area contributed by atoms with Crippen LogP contribution in [-0.2, 0) is 14.9 Å². The first-order valence-corrected chi connectivity index (χ1v) is 6.55. The maximum atomic E-state index is 11.2. The Bertz CT molecular complexity index is 330. The fraction of sp³-hybridized carbons (Fsp3) is 0.889. The molecular formula is C9H19NO5S. The number of ether oxygens (including phenoxy) is 1. The third-order valence-corrected chi connectivity index (χ3v) is 2.32. The molecule has 0 spiro atoms. The van der Waals surface area contributed by atoms with Gasteiger partial charge in [0.25, 0.3) is 10.1 Å². The molecule has 0 fully saturated rings. The van der Waals surface area contributed by atoms with Crippen molar-refractivity contribution in [1.82, 2.24) is 5.32 Å². The minimum atomic E-state index is -3.98. The molecule has 16 heavy (non-hydrogen) atoms. The number of nitrogens with one attached hydrogen (secondary N) is 1. The molecule has 1 unspecified atom stereocenters. The first-order chi connectivity index (χ1) is 6.99. The van der Waals surface area contributed by atoms with E-state index in [0.717, 1.165) is 0 Å². The summed E-state index contributed by atoms with van der Waals surface area (Å²) in [5.41, 5.74) is -0.590. The van der Waals surface area contributed by atoms with Crippen LogP contribution in [0.5, 0.6) is 0 Å². The van der Waals surface area contributed by atoms with Gasteiger partial charge in [-0.2, -0.15) is 8.42 Å². The van der Waals surface area contributed by atoms with E-state index < -0.39 is 21.8 Å². The lowest BCUT2D eigenvalue weighted by Crippen LogP contribution is -2.38. The van der Waals surface area contributed by atoms with Crippen LogP contribution in [0.25, 0.3) is 0 Å². The quantitative estimate of drug-likeness (QED) is 0.734. The third-order valence-electron chi connectivity index (χ3n) is 1.57. The molecule has 0 rings (SSSR count). The molecule has 0 aromatic rings. The minimum Gasteiger partial charge on any atom is -0.444 e. The minimum absolute atomic E-state index is 0.137. The van der Waals surface area contributed by atoms with Gasteiger partial charge < -0.3 is 10.1 Å². The van der Waals surface area contributed by atoms with Crippen LogP contribution in [0.1, 0.15) is 34.1 Å². The van der Waals surface area contributed by atoms with E-state index in [2.05, 4.69) is 5.32 Å². The molecular weight excluding hydrogens is 234 g/mol. The van der Waals surface area contributed by atoms with Crippen molar-refractivity contribution in [1.29, 1.82) is 0 Å². The molecule has 0 aliphatic carbocycles. The van der Waals surface area contributed by atoms with Crippen molar-refractivity contribution in [3.63, 3.8) is 0 Å². The number of carbonyl (C=O) groups excluding carboxylic acids is 1. The van der Waals surface area contributed by atoms with Crippen molar-refractivity contribution in [2.75, 3.05) is 5.75 Å². The second-order valence-electron chi connectivity index (χ2n) is 4.62. The predicted molar refractivity (Wildman–Crippen MR) is 59.9 cm³/mol. The van der Waals surface area contributed by atoms with Crippen molar-refractivity contribution in [2.45, 2.75) is 45.8 Å². The van der Waals surface area contributed by atoms with Crippen molar-refractivity contribution in [2.24, 2.45) is 0 Å². The fourth-order valence-electron chi connectivity index (χ4n) is 0.907. The highest BCUT2D eigenvalue weighted by atomic mass is 32.2. The van der Waals surface area contributed by atoms with Crippen LogP contribution in [0, 0.1) is 0 Å². The predicted octanol–water partition coefficient (Wildman–Crippen LogP) is 1.18. The molecule has 7 heteroatoms. The second-order valence-corrected chi connectivity index (χ2v) is 6.19. The number of carbonyl (C=O) groups is 1. The first-order valence-electron chi connectivity index (χ1n) is 4.94. The summed E-state index contributed by atoms with van der Waals surface area (Å²) in [5, 5.41) is 2.47. The lowest BCUT2D eigenvalue weighted by molar-refractivity contribution is 0.0507. The van der Waals surface area contributed by atoms with E-state index in [-0.39, 0.29) is 18.2 Å². The van der Waals surface area contributed by atoms with Crippen LogP contribution in [0.2, 0.25) is 0 Å². The average molecular weight is 253 g/mol. The van der Waals surface area contributed by atoms with Crippen molar-refractivity contribution in [3.05, 3.63) is 0 Å². The zero-order valence-electron chi connectivity index (χ0n) is 9.98. The lowest BCUT2D eigenvalue weighted by atomic mass is 10.2. The Kier molecular flexibility index (Phi) is 5.21. The molecule has 0 aromatic heterocycles. The summed E-state index contributed by atoms with van der Waals surface area (Å²) in [5.74, 6) is -0.385. The maximum absolute atomic E-state index is 11.2. The molecule has 0 aliphatic rings. The molecule has 1 atom stereocenters. The molecule has 2 N–H and O–H groups in total. The summed E-state index contributed by atoms with van der Waals surface area (Å²) in [6.07, 6.45) is -0.465. The Balaban J connectivity index is 3.97. The van der Waals surface area contributed by atoms with E-state index in [0.29, 0.717) is 0 Å². The molecule has 0 saturated heterocycles. The highest BCUT2D eigenvalue weighted by Gasteiger charge is 2.18. The van der Waals surface area contributed by atoms with Crippen LogP contribution in [-0.4, -0.2) is 36.5 Å². The van der Waals surface area contributed by atoms with Gasteiger partial charge in [0.2, 0.25) is 0 Å². The molecule has 0 saturated carbocycles. The molecule has 96 valence electrons. The van der Waals surface area contributed by atoms with Gasteiger partial charge >= 0.3 is 6.09 Å². The fourth-order valence-corrected chi connectivity index (χ4v) is 1.56. The summed E-state index contributed by atoms with van der Waals surface area (Å²) in [4.78, 5) is 11.2. The zero-order valence-corrected chi connectivity index (χ0v) is 10.8. The Labute approximate surface area is 96.1 Å². The van der Waals surface area contributed by atoms with Gasteiger partial charge in [-0.15, -0.1) is 0 Å². The molecule has 0 radical (unpaired) electrons. The monoisotopic (exact) mass is 253 g/mol. The summed E-state index contributed by atoms with van der Waals surface area (Å²) < 4.78 is 34.4. The smallest absolute Gasteiger partial charge is 0.407 e. The summed E-state index contributed by atoms with van der Waals surface area (Å²) in [6.45, 7) is 6.83. The van der Waals surface area contributed by atoms with Gasteiger partial charge in [0.05, 0.1) is 5.75 Å². The second kappa shape index (κ2) is 5.49. The van der Waals surface area contributed by atoms with Gasteiger partial charge in [-0.05, 0) is 34.1 Å². The SMILES string of the molecule is CC(CCS(=O)(=O)O)NC(=O)OC(C)(C)C. The van der Waals surface area contributed by atoms with Gasteiger partial charge in [0.15, 0.2) is 0 Å². The first kappa shape index (κ1) is 15.2. The Hall–Kier alpha value is -0.820. The maximum Gasteiger partial charge on any atom is 0.407 e. The molecule has 0 heterocycles. The molecule has 1 amide bonds. The molecule has 0 aliphatic heterocycles. The normalized spacial score (nSPS) is 14.3. The Morgan fingerprint density at radius 3 is 2.31 bits per heavy atom. The summed E-state index contributed by atoms with van der Waals surface area (Å²) in [7, 11) is -3.98. The summed E-state index contributed by atoms with van der Waals surface area (Å²) >= 11 is 0. The van der Waals surface area contributed by atoms with E-state index in [1.807, 2.05) is 0 Å². The molecule has 0 aromatic carbocycles. The third kappa shape index (κ3) is 9.72. The van der Waals surface area contributed by atoms with Crippen LogP contribution in [0.15, 0.2) is 0 Å². The topological polar surface area (TPSA) is 92.7 Å². The standard InChI is InChI=1S/C9H19NO5S/c1-7(5-6-16(12,13)14)10-8(11)15-9(2,3)4/h7H,5-6H2,1-4H3,(H,10,11)(H,12,13,14). The van der Waals surface area contributed by atoms with Gasteiger partial charge in [0.1, 0.15) is 5.60 Å². The largest absolute Gasteiger partial charge is 0.444 e. The van der Waals surface area contributed by atoms with Crippen LogP contribution in [0.3, 0.4) is 0 Å². The van der Waals surface area contributed by atoms with E-state index in [1.54, 1.807) is 27.7 Å². The van der Waals surface area contributed by atoms with E-state index >= 15 is 0 Å². The van der Waals surface area contributed by atoms with Crippen molar-refractivity contribution < 1.29 is 22.5 Å². The highest BCUT2D eigenvalue weighted by molar-refractivity contribution is 7.85. The van der Waals surface area contributed by atoms with Crippen molar-refractivity contribution >= 4 is 16.2 Å². The van der Waals surface area contributed by atoms with E-state index in [9.17, 15) is 13.2 Å². The zero-order chi connectivity index (χ0) is 13.0. The average Bonchev–Trinajstić information content (AvgIpc) is 1.95. The molecule has 0 bridgehead atoms. The number of hydrogen-bond donors (Lipinski definition) is 2. The van der Waals surface area contributed by atoms with Crippen LogP contribution in [0.4, 0.5) is 4.79 Å². The van der Waals surface area contributed by atoms with Crippen molar-refractivity contribution in [3.8, 4) is 0 Å². The van der Waals surface area contributed by atoms with Crippen LogP contribution >= 0.6 is 0 Å². The van der Waals surface area contributed by atoms with E-state index in [4.69, 9.17) is 9.29 Å². The Morgan fingerprint density at radius 1 is 1.44 bits per heavy atom. The van der Waals surface area contributed by atoms with Crippen LogP contribution < -0.4 is 5.32 Å². The number of amides is 1. The highest BCUT2D eigenvalue weighted by Crippen LogP contribution is 2.07. The van der Waals surface area contributed by atoms with Gasteiger partial charge in [0, 0.05) is 6.04 Å². The summed E-state index contributed by atoms with van der Waals surface area (Å²) in [6, 6.07) is -0.378. The number of alkyl carbamates (subject to hydrolysis) is 1. The lowest BCUT2D eigenvalue weighted by Gasteiger charge is -2.21.